The van der Waals surface area contributed by atoms with Gasteiger partial charge in [-0.25, -0.2) is 4.98 Å². The van der Waals surface area contributed by atoms with Gasteiger partial charge in [0.2, 0.25) is 0 Å². The topological polar surface area (TPSA) is 68.0 Å². The maximum Gasteiger partial charge on any atom is 0.270 e. The van der Waals surface area contributed by atoms with Crippen molar-refractivity contribution in [3.05, 3.63) is 16.1 Å². The van der Waals surface area contributed by atoms with Gasteiger partial charge in [0.1, 0.15) is 5.69 Å². The molecule has 0 fully saturated rings. The third-order valence-electron chi connectivity index (χ3n) is 2.15. The zero-order valence-electron chi connectivity index (χ0n) is 9.82. The normalized spacial score (nSPS) is 10.8. The largest absolute Gasteiger partial charge is 0.351 e. The monoisotopic (exact) mass is 241 g/mol. The predicted molar refractivity (Wildman–Crippen MR) is 66.7 cm³/mol. The number of thiazole rings is 1. The first-order chi connectivity index (χ1) is 7.63. The van der Waals surface area contributed by atoms with Crippen LogP contribution in [0.15, 0.2) is 5.38 Å². The van der Waals surface area contributed by atoms with Crippen LogP contribution in [0, 0.1) is 5.92 Å². The average molecular weight is 241 g/mol. The van der Waals surface area contributed by atoms with E-state index < -0.39 is 0 Å². The minimum atomic E-state index is -0.0832. The van der Waals surface area contributed by atoms with Gasteiger partial charge in [-0.05, 0) is 18.9 Å². The third-order valence-corrected chi connectivity index (χ3v) is 3.06. The third kappa shape index (κ3) is 4.28. The zero-order valence-corrected chi connectivity index (χ0v) is 10.6. The quantitative estimate of drug-likeness (QED) is 0.791. The molecule has 0 aliphatic heterocycles. The molecular formula is C11H19N3OS. The fraction of sp³-hybridized carbons (Fsp3) is 0.636. The molecule has 1 aromatic rings. The van der Waals surface area contributed by atoms with Crippen molar-refractivity contribution in [3.63, 3.8) is 0 Å². The van der Waals surface area contributed by atoms with E-state index in [2.05, 4.69) is 24.1 Å². The van der Waals surface area contributed by atoms with Crippen LogP contribution in [-0.4, -0.2) is 24.0 Å². The second-order valence-electron chi connectivity index (χ2n) is 4.10. The first-order valence-electron chi connectivity index (χ1n) is 5.56. The molecule has 0 aromatic carbocycles. The van der Waals surface area contributed by atoms with Gasteiger partial charge >= 0.3 is 0 Å². The number of carbonyl (C=O) groups is 1. The first-order valence-corrected chi connectivity index (χ1v) is 6.44. The van der Waals surface area contributed by atoms with Crippen LogP contribution in [0.4, 0.5) is 0 Å². The summed E-state index contributed by atoms with van der Waals surface area (Å²) in [5.41, 5.74) is 5.94. The highest BCUT2D eigenvalue weighted by Crippen LogP contribution is 2.09. The molecule has 0 atom stereocenters. The van der Waals surface area contributed by atoms with Crippen molar-refractivity contribution in [2.75, 3.05) is 13.1 Å². The van der Waals surface area contributed by atoms with Crippen molar-refractivity contribution in [2.45, 2.75) is 26.7 Å². The molecule has 1 aromatic heterocycles. The summed E-state index contributed by atoms with van der Waals surface area (Å²) in [5.74, 6) is 0.517. The Labute approximate surface area is 100 Å². The molecule has 4 nitrogen and oxygen atoms in total. The van der Waals surface area contributed by atoms with Gasteiger partial charge in [-0.1, -0.05) is 13.8 Å². The van der Waals surface area contributed by atoms with Crippen LogP contribution in [0.25, 0.3) is 0 Å². The number of carbonyl (C=O) groups excluding carboxylic acids is 1. The summed E-state index contributed by atoms with van der Waals surface area (Å²) in [7, 11) is 0. The molecule has 0 spiro atoms. The summed E-state index contributed by atoms with van der Waals surface area (Å²) in [6.45, 7) is 5.55. The van der Waals surface area contributed by atoms with E-state index in [0.717, 1.165) is 17.8 Å². The number of hydrogen-bond acceptors (Lipinski definition) is 4. The molecule has 90 valence electrons. The highest BCUT2D eigenvalue weighted by molar-refractivity contribution is 7.09. The number of nitrogens with one attached hydrogen (secondary N) is 1. The zero-order chi connectivity index (χ0) is 12.0. The van der Waals surface area contributed by atoms with E-state index >= 15 is 0 Å². The van der Waals surface area contributed by atoms with E-state index in [9.17, 15) is 4.79 Å². The summed E-state index contributed by atoms with van der Waals surface area (Å²) in [6, 6.07) is 0. The fourth-order valence-corrected chi connectivity index (χ4v) is 2.01. The lowest BCUT2D eigenvalue weighted by Crippen LogP contribution is -2.25. The van der Waals surface area contributed by atoms with Gasteiger partial charge in [-0.3, -0.25) is 4.79 Å². The molecule has 5 heteroatoms. The Hall–Kier alpha value is -0.940. The standard InChI is InChI=1S/C11H19N3OS/c1-8(2)4-6-13-11(15)9-7-16-10(14-9)3-5-12/h7-8H,3-6,12H2,1-2H3,(H,13,15). The van der Waals surface area contributed by atoms with E-state index in [0.29, 0.717) is 24.7 Å². The number of rotatable bonds is 6. The van der Waals surface area contributed by atoms with Crippen molar-refractivity contribution in [1.82, 2.24) is 10.3 Å². The van der Waals surface area contributed by atoms with Gasteiger partial charge in [0, 0.05) is 18.3 Å². The molecule has 0 radical (unpaired) electrons. The van der Waals surface area contributed by atoms with Crippen LogP contribution < -0.4 is 11.1 Å². The van der Waals surface area contributed by atoms with Crippen molar-refractivity contribution < 1.29 is 4.79 Å². The second kappa shape index (κ2) is 6.60. The van der Waals surface area contributed by atoms with Crippen molar-refractivity contribution in [3.8, 4) is 0 Å². The smallest absolute Gasteiger partial charge is 0.270 e. The van der Waals surface area contributed by atoms with Crippen molar-refractivity contribution >= 4 is 17.2 Å². The van der Waals surface area contributed by atoms with E-state index in [1.807, 2.05) is 0 Å². The Morgan fingerprint density at radius 3 is 3.00 bits per heavy atom. The second-order valence-corrected chi connectivity index (χ2v) is 5.05. The Bertz CT molecular complexity index is 336. The van der Waals surface area contributed by atoms with Crippen molar-refractivity contribution in [2.24, 2.45) is 11.7 Å². The number of nitrogens with zero attached hydrogens (tertiary/aromatic N) is 1. The molecule has 1 rings (SSSR count). The molecule has 0 unspecified atom stereocenters. The molecule has 1 amide bonds. The SMILES string of the molecule is CC(C)CCNC(=O)c1csc(CCN)n1. The molecule has 0 aliphatic rings. The van der Waals surface area contributed by atoms with Gasteiger partial charge in [-0.2, -0.15) is 0 Å². The number of amides is 1. The van der Waals surface area contributed by atoms with Crippen LogP contribution in [0.5, 0.6) is 0 Å². The molecule has 16 heavy (non-hydrogen) atoms. The molecule has 0 saturated carbocycles. The molecule has 0 bridgehead atoms. The predicted octanol–water partition coefficient (Wildman–Crippen LogP) is 1.42. The number of nitrogens with two attached hydrogens (primary N) is 1. The van der Waals surface area contributed by atoms with Gasteiger partial charge < -0.3 is 11.1 Å². The minimum Gasteiger partial charge on any atom is -0.351 e. The summed E-state index contributed by atoms with van der Waals surface area (Å²) < 4.78 is 0. The lowest BCUT2D eigenvalue weighted by Gasteiger charge is -2.05. The van der Waals surface area contributed by atoms with Gasteiger partial charge in [-0.15, -0.1) is 11.3 Å². The van der Waals surface area contributed by atoms with Crippen LogP contribution >= 0.6 is 11.3 Å². The van der Waals surface area contributed by atoms with E-state index in [-0.39, 0.29) is 5.91 Å². The fourth-order valence-electron chi connectivity index (χ4n) is 1.22. The molecule has 3 N–H and O–H groups in total. The average Bonchev–Trinajstić information content (AvgIpc) is 2.66. The van der Waals surface area contributed by atoms with Crippen LogP contribution in [0.2, 0.25) is 0 Å². The van der Waals surface area contributed by atoms with Gasteiger partial charge in [0.15, 0.2) is 0 Å². The van der Waals surface area contributed by atoms with Gasteiger partial charge in [0.05, 0.1) is 5.01 Å². The van der Waals surface area contributed by atoms with Crippen LogP contribution in [0.1, 0.15) is 35.8 Å². The lowest BCUT2D eigenvalue weighted by molar-refractivity contribution is 0.0947. The minimum absolute atomic E-state index is 0.0832. The Balaban J connectivity index is 2.40. The van der Waals surface area contributed by atoms with E-state index in [4.69, 9.17) is 5.73 Å². The Kier molecular flexibility index (Phi) is 5.42. The lowest BCUT2D eigenvalue weighted by atomic mass is 10.1. The number of aromatic nitrogens is 1. The van der Waals surface area contributed by atoms with Gasteiger partial charge in [0.25, 0.3) is 5.91 Å². The maximum absolute atomic E-state index is 11.6. The molecule has 0 aliphatic carbocycles. The summed E-state index contributed by atoms with van der Waals surface area (Å²) in [4.78, 5) is 15.9. The first kappa shape index (κ1) is 13.1. The van der Waals surface area contributed by atoms with Crippen LogP contribution in [-0.2, 0) is 6.42 Å². The maximum atomic E-state index is 11.6. The van der Waals surface area contributed by atoms with Crippen molar-refractivity contribution in [1.29, 1.82) is 0 Å². The molecular weight excluding hydrogens is 222 g/mol. The van der Waals surface area contributed by atoms with Crippen LogP contribution in [0.3, 0.4) is 0 Å². The molecule has 0 saturated heterocycles. The van der Waals surface area contributed by atoms with E-state index in [1.54, 1.807) is 5.38 Å². The highest BCUT2D eigenvalue weighted by Gasteiger charge is 2.09. The highest BCUT2D eigenvalue weighted by atomic mass is 32.1. The number of hydrogen-bond donors (Lipinski definition) is 2. The van der Waals surface area contributed by atoms with E-state index in [1.165, 1.54) is 11.3 Å². The Morgan fingerprint density at radius 2 is 2.38 bits per heavy atom. The summed E-state index contributed by atoms with van der Waals surface area (Å²) >= 11 is 1.49. The molecule has 1 heterocycles. The Morgan fingerprint density at radius 1 is 1.62 bits per heavy atom. The summed E-state index contributed by atoms with van der Waals surface area (Å²) in [6.07, 6.45) is 1.73. The summed E-state index contributed by atoms with van der Waals surface area (Å²) in [5, 5.41) is 5.57.